The van der Waals surface area contributed by atoms with Gasteiger partial charge in [-0.25, -0.2) is 9.37 Å². The minimum atomic E-state index is -0.481. The lowest BCUT2D eigenvalue weighted by molar-refractivity contribution is 0.618. The number of aromatic nitrogens is 2. The standard InChI is InChI=1S/C14H15FN4/c15-14-9-13(4-3-12(14)10-16)18-5-1-2-7-19-8-6-17-11-19/h3-4,6,8-9,11,18H,1-2,5,7H2. The number of nitrogens with one attached hydrogen (secondary N) is 1. The molecule has 4 nitrogen and oxygen atoms in total. The second-order valence-corrected chi connectivity index (χ2v) is 4.24. The average Bonchev–Trinajstić information content (AvgIpc) is 2.92. The van der Waals surface area contributed by atoms with Crippen LogP contribution in [0.25, 0.3) is 0 Å². The van der Waals surface area contributed by atoms with Crippen LogP contribution < -0.4 is 5.32 Å². The van der Waals surface area contributed by atoms with E-state index in [9.17, 15) is 4.39 Å². The van der Waals surface area contributed by atoms with Gasteiger partial charge in [-0.15, -0.1) is 0 Å². The third-order valence-corrected chi connectivity index (χ3v) is 2.82. The molecule has 0 atom stereocenters. The number of hydrogen-bond acceptors (Lipinski definition) is 3. The van der Waals surface area contributed by atoms with Gasteiger partial charge in [0.1, 0.15) is 11.9 Å². The summed E-state index contributed by atoms with van der Waals surface area (Å²) < 4.78 is 15.4. The molecule has 1 N–H and O–H groups in total. The van der Waals surface area contributed by atoms with E-state index in [1.807, 2.05) is 10.8 Å². The molecule has 1 aromatic carbocycles. The molecule has 98 valence electrons. The summed E-state index contributed by atoms with van der Waals surface area (Å²) in [6, 6.07) is 6.37. The van der Waals surface area contributed by atoms with Crippen molar-refractivity contribution in [3.8, 4) is 6.07 Å². The zero-order chi connectivity index (χ0) is 13.5. The Labute approximate surface area is 111 Å². The van der Waals surface area contributed by atoms with Crippen LogP contribution in [0.15, 0.2) is 36.9 Å². The summed E-state index contributed by atoms with van der Waals surface area (Å²) in [7, 11) is 0. The van der Waals surface area contributed by atoms with E-state index in [2.05, 4.69) is 10.3 Å². The summed E-state index contributed by atoms with van der Waals surface area (Å²) in [5, 5.41) is 11.8. The molecule has 1 aromatic heterocycles. The van der Waals surface area contributed by atoms with E-state index in [1.54, 1.807) is 24.7 Å². The van der Waals surface area contributed by atoms with Crippen LogP contribution in [-0.4, -0.2) is 16.1 Å². The Morgan fingerprint density at radius 1 is 1.37 bits per heavy atom. The van der Waals surface area contributed by atoms with Crippen molar-refractivity contribution >= 4 is 5.69 Å². The lowest BCUT2D eigenvalue weighted by atomic mass is 10.2. The molecule has 0 fully saturated rings. The maximum atomic E-state index is 13.3. The molecule has 0 aliphatic carbocycles. The average molecular weight is 258 g/mol. The van der Waals surface area contributed by atoms with Gasteiger partial charge in [0.05, 0.1) is 11.9 Å². The van der Waals surface area contributed by atoms with Crippen LogP contribution in [0, 0.1) is 17.1 Å². The fourth-order valence-corrected chi connectivity index (χ4v) is 1.79. The predicted octanol–water partition coefficient (Wildman–Crippen LogP) is 2.79. The molecule has 5 heteroatoms. The Kier molecular flexibility index (Phi) is 4.51. The van der Waals surface area contributed by atoms with Crippen LogP contribution in [0.3, 0.4) is 0 Å². The fourth-order valence-electron chi connectivity index (χ4n) is 1.79. The van der Waals surface area contributed by atoms with E-state index in [4.69, 9.17) is 5.26 Å². The van der Waals surface area contributed by atoms with Crippen molar-refractivity contribution in [3.05, 3.63) is 48.3 Å². The predicted molar refractivity (Wildman–Crippen MR) is 71.1 cm³/mol. The first kappa shape index (κ1) is 13.1. The van der Waals surface area contributed by atoms with E-state index in [0.29, 0.717) is 5.69 Å². The third-order valence-electron chi connectivity index (χ3n) is 2.82. The van der Waals surface area contributed by atoms with Crippen LogP contribution in [-0.2, 0) is 6.54 Å². The molecule has 0 radical (unpaired) electrons. The summed E-state index contributed by atoms with van der Waals surface area (Å²) in [6.45, 7) is 1.71. The molecule has 19 heavy (non-hydrogen) atoms. The van der Waals surface area contributed by atoms with Crippen molar-refractivity contribution in [2.45, 2.75) is 19.4 Å². The van der Waals surface area contributed by atoms with E-state index in [-0.39, 0.29) is 5.56 Å². The molecule has 0 unspecified atom stereocenters. The van der Waals surface area contributed by atoms with Crippen molar-refractivity contribution in [1.29, 1.82) is 5.26 Å². The lowest BCUT2D eigenvalue weighted by Gasteiger charge is -2.07. The SMILES string of the molecule is N#Cc1ccc(NCCCCn2ccnc2)cc1F. The second kappa shape index (κ2) is 6.55. The van der Waals surface area contributed by atoms with E-state index in [1.165, 1.54) is 12.1 Å². The second-order valence-electron chi connectivity index (χ2n) is 4.24. The lowest BCUT2D eigenvalue weighted by Crippen LogP contribution is -2.04. The number of anilines is 1. The molecule has 0 spiro atoms. The number of unbranched alkanes of at least 4 members (excludes halogenated alkanes) is 1. The Hall–Kier alpha value is -2.35. The molecule has 1 heterocycles. The van der Waals surface area contributed by atoms with Crippen LogP contribution in [0.4, 0.5) is 10.1 Å². The quantitative estimate of drug-likeness (QED) is 0.810. The number of halogens is 1. The maximum absolute atomic E-state index is 13.3. The minimum Gasteiger partial charge on any atom is -0.385 e. The van der Waals surface area contributed by atoms with Crippen molar-refractivity contribution in [3.63, 3.8) is 0 Å². The highest BCUT2D eigenvalue weighted by atomic mass is 19.1. The molecule has 0 saturated carbocycles. The summed E-state index contributed by atoms with van der Waals surface area (Å²) >= 11 is 0. The smallest absolute Gasteiger partial charge is 0.143 e. The van der Waals surface area contributed by atoms with Crippen LogP contribution in [0.2, 0.25) is 0 Å². The molecule has 2 aromatic rings. The van der Waals surface area contributed by atoms with Crippen molar-refractivity contribution in [1.82, 2.24) is 9.55 Å². The van der Waals surface area contributed by atoms with Gasteiger partial charge in [0.2, 0.25) is 0 Å². The Morgan fingerprint density at radius 2 is 2.26 bits per heavy atom. The van der Waals surface area contributed by atoms with Gasteiger partial charge in [0, 0.05) is 31.2 Å². The van der Waals surface area contributed by atoms with Gasteiger partial charge in [0.25, 0.3) is 0 Å². The first-order valence-electron chi connectivity index (χ1n) is 6.19. The van der Waals surface area contributed by atoms with Gasteiger partial charge >= 0.3 is 0 Å². The molecule has 0 amide bonds. The van der Waals surface area contributed by atoms with Gasteiger partial charge in [-0.05, 0) is 31.0 Å². The highest BCUT2D eigenvalue weighted by Gasteiger charge is 2.01. The van der Waals surface area contributed by atoms with Gasteiger partial charge in [0.15, 0.2) is 0 Å². The number of nitrogens with zero attached hydrogens (tertiary/aromatic N) is 3. The van der Waals surface area contributed by atoms with Crippen LogP contribution >= 0.6 is 0 Å². The largest absolute Gasteiger partial charge is 0.385 e. The first-order chi connectivity index (χ1) is 9.29. The molecule has 2 rings (SSSR count). The number of imidazole rings is 1. The van der Waals surface area contributed by atoms with Gasteiger partial charge < -0.3 is 9.88 Å². The maximum Gasteiger partial charge on any atom is 0.143 e. The Morgan fingerprint density at radius 3 is 2.95 bits per heavy atom. The number of benzene rings is 1. The number of aryl methyl sites for hydroxylation is 1. The molecular weight excluding hydrogens is 243 g/mol. The summed E-state index contributed by atoms with van der Waals surface area (Å²) in [6.07, 6.45) is 7.51. The summed E-state index contributed by atoms with van der Waals surface area (Å²) in [5.41, 5.74) is 0.782. The normalized spacial score (nSPS) is 10.1. The van der Waals surface area contributed by atoms with E-state index >= 15 is 0 Å². The zero-order valence-electron chi connectivity index (χ0n) is 10.5. The first-order valence-corrected chi connectivity index (χ1v) is 6.19. The fraction of sp³-hybridized carbons (Fsp3) is 0.286. The summed E-state index contributed by atoms with van der Waals surface area (Å²) in [5.74, 6) is -0.481. The molecule has 0 bridgehead atoms. The zero-order valence-corrected chi connectivity index (χ0v) is 10.5. The van der Waals surface area contributed by atoms with Gasteiger partial charge in [-0.2, -0.15) is 5.26 Å². The summed E-state index contributed by atoms with van der Waals surface area (Å²) in [4.78, 5) is 3.97. The molecular formula is C14H15FN4. The number of nitriles is 1. The van der Waals surface area contributed by atoms with Gasteiger partial charge in [-0.3, -0.25) is 0 Å². The monoisotopic (exact) mass is 258 g/mol. The third kappa shape index (κ3) is 3.81. The minimum absolute atomic E-state index is 0.0747. The van der Waals surface area contributed by atoms with Gasteiger partial charge in [-0.1, -0.05) is 0 Å². The highest BCUT2D eigenvalue weighted by Crippen LogP contribution is 2.13. The van der Waals surface area contributed by atoms with Crippen molar-refractivity contribution < 1.29 is 4.39 Å². The highest BCUT2D eigenvalue weighted by molar-refractivity contribution is 5.47. The molecule has 0 aliphatic heterocycles. The van der Waals surface area contributed by atoms with Crippen LogP contribution in [0.1, 0.15) is 18.4 Å². The van der Waals surface area contributed by atoms with E-state index < -0.39 is 5.82 Å². The number of hydrogen-bond donors (Lipinski definition) is 1. The topological polar surface area (TPSA) is 53.6 Å². The van der Waals surface area contributed by atoms with Crippen LogP contribution in [0.5, 0.6) is 0 Å². The Balaban J connectivity index is 1.71. The Bertz CT molecular complexity index is 557. The molecule has 0 saturated heterocycles. The number of rotatable bonds is 6. The molecule has 0 aliphatic rings. The van der Waals surface area contributed by atoms with Crippen molar-refractivity contribution in [2.75, 3.05) is 11.9 Å². The van der Waals surface area contributed by atoms with E-state index in [0.717, 1.165) is 25.9 Å². The van der Waals surface area contributed by atoms with Crippen molar-refractivity contribution in [2.24, 2.45) is 0 Å².